The van der Waals surface area contributed by atoms with Crippen molar-refractivity contribution in [1.29, 1.82) is 0 Å². The maximum Gasteiger partial charge on any atom is 0.261 e. The van der Waals surface area contributed by atoms with E-state index in [0.29, 0.717) is 16.5 Å². The molecule has 2 aromatic carbocycles. The van der Waals surface area contributed by atoms with Gasteiger partial charge in [0.1, 0.15) is 0 Å². The van der Waals surface area contributed by atoms with Gasteiger partial charge in [-0.2, -0.15) is 0 Å². The zero-order valence-corrected chi connectivity index (χ0v) is 13.1. The fraction of sp³-hybridized carbons (Fsp3) is 0.278. The Morgan fingerprint density at radius 3 is 2.13 bits per heavy atom. The minimum atomic E-state index is -0.307. The zero-order chi connectivity index (χ0) is 16.6. The van der Waals surface area contributed by atoms with Crippen LogP contribution in [-0.4, -0.2) is 35.7 Å². The highest BCUT2D eigenvalue weighted by Crippen LogP contribution is 2.29. The van der Waals surface area contributed by atoms with Crippen LogP contribution in [0.4, 0.5) is 0 Å². The molecule has 0 saturated heterocycles. The van der Waals surface area contributed by atoms with Crippen LogP contribution in [0.15, 0.2) is 36.4 Å². The maximum atomic E-state index is 12.6. The van der Waals surface area contributed by atoms with Gasteiger partial charge in [-0.05, 0) is 17.5 Å². The van der Waals surface area contributed by atoms with E-state index in [1.165, 1.54) is 4.90 Å². The van der Waals surface area contributed by atoms with Crippen molar-refractivity contribution < 1.29 is 14.4 Å². The first-order valence-electron chi connectivity index (χ1n) is 7.66. The average molecular weight is 310 g/mol. The third-order valence-electron chi connectivity index (χ3n) is 4.01. The highest BCUT2D eigenvalue weighted by Gasteiger charge is 2.32. The number of hydrogen-bond acceptors (Lipinski definition) is 3. The van der Waals surface area contributed by atoms with Crippen LogP contribution in [-0.2, 0) is 4.79 Å². The number of carbonyl (C=O) groups excluding carboxylic acids is 3. The van der Waals surface area contributed by atoms with E-state index in [1.807, 2.05) is 24.3 Å². The summed E-state index contributed by atoms with van der Waals surface area (Å²) in [5, 5.41) is 4.33. The van der Waals surface area contributed by atoms with Gasteiger partial charge >= 0.3 is 0 Å². The zero-order valence-electron chi connectivity index (χ0n) is 13.1. The first-order valence-corrected chi connectivity index (χ1v) is 7.66. The number of nitrogens with one attached hydrogen (secondary N) is 1. The van der Waals surface area contributed by atoms with Gasteiger partial charge in [0.2, 0.25) is 5.91 Å². The Morgan fingerprint density at radius 2 is 1.61 bits per heavy atom. The Balaban J connectivity index is 1.87. The molecule has 3 amide bonds. The summed E-state index contributed by atoms with van der Waals surface area (Å²) in [6.07, 6.45) is 0. The van der Waals surface area contributed by atoms with E-state index in [1.54, 1.807) is 26.0 Å². The first-order chi connectivity index (χ1) is 11.0. The molecule has 1 aliphatic heterocycles. The van der Waals surface area contributed by atoms with Crippen LogP contribution in [0.5, 0.6) is 0 Å². The van der Waals surface area contributed by atoms with Crippen molar-refractivity contribution in [3.8, 4) is 0 Å². The molecule has 0 fully saturated rings. The van der Waals surface area contributed by atoms with Crippen molar-refractivity contribution in [1.82, 2.24) is 10.2 Å². The monoisotopic (exact) mass is 310 g/mol. The lowest BCUT2D eigenvalue weighted by atomic mass is 9.94. The molecule has 0 aromatic heterocycles. The summed E-state index contributed by atoms with van der Waals surface area (Å²) in [5.74, 6) is -0.835. The van der Waals surface area contributed by atoms with Gasteiger partial charge in [0.25, 0.3) is 11.8 Å². The first kappa shape index (κ1) is 15.2. The average Bonchev–Trinajstić information content (AvgIpc) is 2.55. The van der Waals surface area contributed by atoms with Crippen molar-refractivity contribution in [3.63, 3.8) is 0 Å². The van der Waals surface area contributed by atoms with Crippen molar-refractivity contribution in [2.45, 2.75) is 13.8 Å². The Hall–Kier alpha value is -2.69. The van der Waals surface area contributed by atoms with E-state index in [9.17, 15) is 14.4 Å². The van der Waals surface area contributed by atoms with Gasteiger partial charge in [-0.15, -0.1) is 0 Å². The Kier molecular flexibility index (Phi) is 3.86. The molecule has 0 bridgehead atoms. The predicted octanol–water partition coefficient (Wildman–Crippen LogP) is 2.21. The second kappa shape index (κ2) is 5.83. The van der Waals surface area contributed by atoms with E-state index < -0.39 is 0 Å². The van der Waals surface area contributed by atoms with Crippen LogP contribution in [0.2, 0.25) is 0 Å². The third kappa shape index (κ3) is 2.59. The van der Waals surface area contributed by atoms with E-state index in [-0.39, 0.29) is 36.7 Å². The fourth-order valence-electron chi connectivity index (χ4n) is 2.78. The molecule has 0 atom stereocenters. The molecular weight excluding hydrogens is 292 g/mol. The van der Waals surface area contributed by atoms with E-state index >= 15 is 0 Å². The van der Waals surface area contributed by atoms with Gasteiger partial charge in [-0.1, -0.05) is 38.1 Å². The Bertz CT molecular complexity index is 760. The molecule has 2 aromatic rings. The highest BCUT2D eigenvalue weighted by molar-refractivity contribution is 6.25. The molecule has 5 nitrogen and oxygen atoms in total. The summed E-state index contributed by atoms with van der Waals surface area (Å²) < 4.78 is 0. The summed E-state index contributed by atoms with van der Waals surface area (Å²) >= 11 is 0. The summed E-state index contributed by atoms with van der Waals surface area (Å²) in [6, 6.07) is 10.9. The van der Waals surface area contributed by atoms with Crippen molar-refractivity contribution in [2.24, 2.45) is 5.92 Å². The lowest BCUT2D eigenvalue weighted by Gasteiger charge is -2.27. The molecule has 0 aliphatic carbocycles. The van der Waals surface area contributed by atoms with Crippen LogP contribution >= 0.6 is 0 Å². The van der Waals surface area contributed by atoms with E-state index in [0.717, 1.165) is 5.39 Å². The minimum absolute atomic E-state index is 0.0931. The number of hydrogen-bond donors (Lipinski definition) is 1. The summed E-state index contributed by atoms with van der Waals surface area (Å²) in [5.41, 5.74) is 1.07. The van der Waals surface area contributed by atoms with Crippen molar-refractivity contribution in [3.05, 3.63) is 47.5 Å². The largest absolute Gasteiger partial charge is 0.354 e. The maximum absolute atomic E-state index is 12.6. The molecular formula is C18H18N2O3. The van der Waals surface area contributed by atoms with Crippen LogP contribution < -0.4 is 5.32 Å². The molecule has 5 heteroatoms. The van der Waals surface area contributed by atoms with E-state index in [4.69, 9.17) is 0 Å². The van der Waals surface area contributed by atoms with Crippen LogP contribution in [0.25, 0.3) is 10.8 Å². The SMILES string of the molecule is CC(C)C(=O)NCCN1C(=O)c2cccc3cccc(c23)C1=O. The summed E-state index contributed by atoms with van der Waals surface area (Å²) in [6.45, 7) is 4.01. The standard InChI is InChI=1S/C18H18N2O3/c1-11(2)16(21)19-9-10-20-17(22)13-7-3-5-12-6-4-8-14(15(12)13)18(20)23/h3-8,11H,9-10H2,1-2H3,(H,19,21). The number of benzene rings is 2. The predicted molar refractivity (Wildman–Crippen MR) is 87.2 cm³/mol. The molecule has 1 heterocycles. The third-order valence-corrected chi connectivity index (χ3v) is 4.01. The van der Waals surface area contributed by atoms with Crippen LogP contribution in [0, 0.1) is 5.92 Å². The Morgan fingerprint density at radius 1 is 1.04 bits per heavy atom. The van der Waals surface area contributed by atoms with Crippen molar-refractivity contribution in [2.75, 3.05) is 13.1 Å². The second-order valence-electron chi connectivity index (χ2n) is 5.92. The molecule has 0 spiro atoms. The number of imide groups is 1. The molecule has 0 unspecified atom stereocenters. The second-order valence-corrected chi connectivity index (χ2v) is 5.92. The van der Waals surface area contributed by atoms with Crippen LogP contribution in [0.3, 0.4) is 0 Å². The summed E-state index contributed by atoms with van der Waals surface area (Å²) in [7, 11) is 0. The molecule has 1 N–H and O–H groups in total. The van der Waals surface area contributed by atoms with E-state index in [2.05, 4.69) is 5.32 Å². The molecule has 118 valence electrons. The Labute approximate surface area is 134 Å². The van der Waals surface area contributed by atoms with Gasteiger partial charge in [-0.25, -0.2) is 0 Å². The highest BCUT2D eigenvalue weighted by atomic mass is 16.2. The molecule has 0 radical (unpaired) electrons. The lowest BCUT2D eigenvalue weighted by Crippen LogP contribution is -2.45. The summed E-state index contributed by atoms with van der Waals surface area (Å²) in [4.78, 5) is 38.0. The number of amides is 3. The van der Waals surface area contributed by atoms with Gasteiger partial charge in [0.05, 0.1) is 0 Å². The minimum Gasteiger partial charge on any atom is -0.354 e. The van der Waals surface area contributed by atoms with Gasteiger partial charge < -0.3 is 5.32 Å². The number of nitrogens with zero attached hydrogens (tertiary/aromatic N) is 1. The van der Waals surface area contributed by atoms with Gasteiger partial charge in [0.15, 0.2) is 0 Å². The van der Waals surface area contributed by atoms with Gasteiger partial charge in [-0.3, -0.25) is 19.3 Å². The molecule has 23 heavy (non-hydrogen) atoms. The normalized spacial score (nSPS) is 13.8. The van der Waals surface area contributed by atoms with Gasteiger partial charge in [0, 0.05) is 35.5 Å². The smallest absolute Gasteiger partial charge is 0.261 e. The lowest BCUT2D eigenvalue weighted by molar-refractivity contribution is -0.124. The van der Waals surface area contributed by atoms with Crippen molar-refractivity contribution >= 4 is 28.5 Å². The molecule has 3 rings (SSSR count). The quantitative estimate of drug-likeness (QED) is 0.881. The number of carbonyl (C=O) groups is 3. The number of rotatable bonds is 4. The molecule has 0 saturated carbocycles. The van der Waals surface area contributed by atoms with Crippen LogP contribution in [0.1, 0.15) is 34.6 Å². The molecule has 1 aliphatic rings. The topological polar surface area (TPSA) is 66.5 Å². The fourth-order valence-corrected chi connectivity index (χ4v) is 2.78.